The largest absolute Gasteiger partial charge is 0.330 e. The highest BCUT2D eigenvalue weighted by molar-refractivity contribution is 7.15. The molecule has 1 saturated heterocycles. The van der Waals surface area contributed by atoms with Gasteiger partial charge >= 0.3 is 0 Å². The summed E-state index contributed by atoms with van der Waals surface area (Å²) in [4.78, 5) is 20.3. The van der Waals surface area contributed by atoms with Crippen LogP contribution in [0, 0.1) is 5.41 Å². The maximum absolute atomic E-state index is 12.2. The standard InChI is InChI=1S/C15H24N4OS.2ClH/c1-15(9-16)6-7-19(10-15)8-13(20)18-14-17-11-4-2-3-5-12(11)21-14;;/h2-10,16H2,1H3,(H,17,18,20);2*1H. The van der Waals surface area contributed by atoms with Crippen molar-refractivity contribution in [3.8, 4) is 0 Å². The zero-order valence-electron chi connectivity index (χ0n) is 13.5. The molecule has 2 aliphatic rings. The van der Waals surface area contributed by atoms with Gasteiger partial charge in [-0.1, -0.05) is 6.92 Å². The van der Waals surface area contributed by atoms with Crippen LogP contribution < -0.4 is 11.1 Å². The van der Waals surface area contributed by atoms with Crippen LogP contribution in [-0.2, 0) is 17.6 Å². The Morgan fingerprint density at radius 3 is 2.78 bits per heavy atom. The number of rotatable bonds is 4. The number of anilines is 1. The van der Waals surface area contributed by atoms with E-state index in [0.717, 1.165) is 37.5 Å². The van der Waals surface area contributed by atoms with E-state index >= 15 is 0 Å². The first kappa shape index (κ1) is 20.6. The van der Waals surface area contributed by atoms with Gasteiger partial charge in [-0.25, -0.2) is 4.98 Å². The summed E-state index contributed by atoms with van der Waals surface area (Å²) in [7, 11) is 0. The summed E-state index contributed by atoms with van der Waals surface area (Å²) in [5, 5.41) is 3.74. The molecular weight excluding hydrogens is 355 g/mol. The summed E-state index contributed by atoms with van der Waals surface area (Å²) in [6, 6.07) is 0. The van der Waals surface area contributed by atoms with E-state index in [2.05, 4.69) is 22.1 Å². The molecule has 1 aliphatic heterocycles. The van der Waals surface area contributed by atoms with Gasteiger partial charge in [0.05, 0.1) is 12.2 Å². The molecule has 1 aliphatic carbocycles. The number of carbonyl (C=O) groups is 1. The zero-order valence-corrected chi connectivity index (χ0v) is 15.9. The Balaban J connectivity index is 0.00000132. The predicted octanol–water partition coefficient (Wildman–Crippen LogP) is 2.47. The second-order valence-corrected chi connectivity index (χ2v) is 7.70. The monoisotopic (exact) mass is 380 g/mol. The number of fused-ring (bicyclic) bond motifs is 1. The highest BCUT2D eigenvalue weighted by atomic mass is 35.5. The normalized spacial score (nSPS) is 23.6. The predicted molar refractivity (Wildman–Crippen MR) is 100 cm³/mol. The van der Waals surface area contributed by atoms with Crippen LogP contribution in [0.25, 0.3) is 0 Å². The number of aromatic nitrogens is 1. The van der Waals surface area contributed by atoms with Crippen molar-refractivity contribution in [2.75, 3.05) is 31.5 Å². The fraction of sp³-hybridized carbons (Fsp3) is 0.733. The molecule has 0 bridgehead atoms. The van der Waals surface area contributed by atoms with E-state index in [0.29, 0.717) is 13.1 Å². The number of aryl methyl sites for hydroxylation is 2. The molecule has 2 heterocycles. The highest BCUT2D eigenvalue weighted by Crippen LogP contribution is 2.30. The van der Waals surface area contributed by atoms with Gasteiger partial charge in [0, 0.05) is 11.4 Å². The minimum absolute atomic E-state index is 0. The molecule has 8 heteroatoms. The Bertz CT molecular complexity index is 516. The Kier molecular flexibility index (Phi) is 7.74. The first-order chi connectivity index (χ1) is 10.1. The highest BCUT2D eigenvalue weighted by Gasteiger charge is 2.33. The lowest BCUT2D eigenvalue weighted by Gasteiger charge is -2.22. The topological polar surface area (TPSA) is 71.2 Å². The van der Waals surface area contributed by atoms with Gasteiger partial charge in [0.25, 0.3) is 0 Å². The minimum Gasteiger partial charge on any atom is -0.330 e. The molecule has 0 aromatic carbocycles. The second kappa shape index (κ2) is 8.62. The van der Waals surface area contributed by atoms with Crippen molar-refractivity contribution >= 4 is 47.2 Å². The van der Waals surface area contributed by atoms with Gasteiger partial charge in [-0.05, 0) is 50.6 Å². The van der Waals surface area contributed by atoms with Crippen LogP contribution in [0.4, 0.5) is 5.13 Å². The van der Waals surface area contributed by atoms with E-state index in [1.807, 2.05) is 0 Å². The van der Waals surface area contributed by atoms with Gasteiger partial charge in [0.1, 0.15) is 0 Å². The van der Waals surface area contributed by atoms with Gasteiger partial charge in [-0.3, -0.25) is 9.69 Å². The van der Waals surface area contributed by atoms with Crippen LogP contribution in [0.3, 0.4) is 0 Å². The summed E-state index contributed by atoms with van der Waals surface area (Å²) in [6.45, 7) is 5.19. The number of nitrogens with one attached hydrogen (secondary N) is 1. The number of carbonyl (C=O) groups excluding carboxylic acids is 1. The van der Waals surface area contributed by atoms with Gasteiger partial charge < -0.3 is 11.1 Å². The van der Waals surface area contributed by atoms with Crippen LogP contribution >= 0.6 is 36.2 Å². The zero-order chi connectivity index (χ0) is 14.9. The van der Waals surface area contributed by atoms with Crippen molar-refractivity contribution in [3.05, 3.63) is 10.6 Å². The maximum atomic E-state index is 12.2. The summed E-state index contributed by atoms with van der Waals surface area (Å²) < 4.78 is 0. The van der Waals surface area contributed by atoms with Crippen LogP contribution in [0.2, 0.25) is 0 Å². The molecule has 132 valence electrons. The molecule has 1 aromatic rings. The lowest BCUT2D eigenvalue weighted by atomic mass is 9.90. The lowest BCUT2D eigenvalue weighted by molar-refractivity contribution is -0.117. The first-order valence-electron chi connectivity index (χ1n) is 7.79. The molecule has 0 radical (unpaired) electrons. The third-order valence-corrected chi connectivity index (χ3v) is 5.66. The molecule has 1 amide bonds. The van der Waals surface area contributed by atoms with Gasteiger partial charge in [-0.2, -0.15) is 0 Å². The van der Waals surface area contributed by atoms with Crippen LogP contribution in [0.15, 0.2) is 0 Å². The Hall–Kier alpha value is -0.400. The number of nitrogens with two attached hydrogens (primary N) is 1. The fourth-order valence-corrected chi connectivity index (χ4v) is 4.26. The molecule has 1 fully saturated rings. The van der Waals surface area contributed by atoms with Crippen LogP contribution in [0.5, 0.6) is 0 Å². The maximum Gasteiger partial charge on any atom is 0.240 e. The van der Waals surface area contributed by atoms with Crippen molar-refractivity contribution in [1.29, 1.82) is 0 Å². The number of amides is 1. The molecule has 23 heavy (non-hydrogen) atoms. The van der Waals surface area contributed by atoms with Gasteiger partial charge in [0.2, 0.25) is 5.91 Å². The molecule has 1 atom stereocenters. The number of nitrogens with zero attached hydrogens (tertiary/aromatic N) is 2. The van der Waals surface area contributed by atoms with Crippen molar-refractivity contribution in [2.24, 2.45) is 11.1 Å². The quantitative estimate of drug-likeness (QED) is 0.841. The smallest absolute Gasteiger partial charge is 0.240 e. The number of thiazole rings is 1. The summed E-state index contributed by atoms with van der Waals surface area (Å²) in [5.41, 5.74) is 7.17. The number of hydrogen-bond donors (Lipinski definition) is 2. The number of halogens is 2. The molecule has 1 aromatic heterocycles. The Morgan fingerprint density at radius 2 is 2.13 bits per heavy atom. The van der Waals surface area contributed by atoms with Crippen LogP contribution in [-0.4, -0.2) is 42.0 Å². The Labute approximate surface area is 154 Å². The van der Waals surface area contributed by atoms with E-state index in [-0.39, 0.29) is 36.1 Å². The number of likely N-dealkylation sites (tertiary alicyclic amines) is 1. The lowest BCUT2D eigenvalue weighted by Crippen LogP contribution is -2.35. The second-order valence-electron chi connectivity index (χ2n) is 6.62. The van der Waals surface area contributed by atoms with Gasteiger partial charge in [0.15, 0.2) is 5.13 Å². The van der Waals surface area contributed by atoms with E-state index in [1.165, 1.54) is 23.4 Å². The molecule has 3 N–H and O–H groups in total. The van der Waals surface area contributed by atoms with Crippen molar-refractivity contribution in [1.82, 2.24) is 9.88 Å². The molecular formula is C15H26Cl2N4OS. The number of hydrogen-bond acceptors (Lipinski definition) is 5. The molecule has 0 saturated carbocycles. The van der Waals surface area contributed by atoms with E-state index in [1.54, 1.807) is 11.3 Å². The summed E-state index contributed by atoms with van der Waals surface area (Å²) in [6.07, 6.45) is 5.71. The molecule has 0 spiro atoms. The summed E-state index contributed by atoms with van der Waals surface area (Å²) >= 11 is 1.64. The van der Waals surface area contributed by atoms with E-state index < -0.39 is 0 Å². The van der Waals surface area contributed by atoms with Gasteiger partial charge in [-0.15, -0.1) is 36.2 Å². The fourth-order valence-electron chi connectivity index (χ4n) is 3.19. The molecule has 5 nitrogen and oxygen atoms in total. The third kappa shape index (κ3) is 5.03. The van der Waals surface area contributed by atoms with Crippen LogP contribution in [0.1, 0.15) is 36.8 Å². The van der Waals surface area contributed by atoms with E-state index in [4.69, 9.17) is 5.73 Å². The van der Waals surface area contributed by atoms with Crippen molar-refractivity contribution in [3.63, 3.8) is 0 Å². The molecule has 3 rings (SSSR count). The first-order valence-corrected chi connectivity index (χ1v) is 8.60. The average molecular weight is 381 g/mol. The molecule has 1 unspecified atom stereocenters. The average Bonchev–Trinajstić information content (AvgIpc) is 3.02. The van der Waals surface area contributed by atoms with Crippen molar-refractivity contribution in [2.45, 2.75) is 39.0 Å². The SMILES string of the molecule is CC1(CN)CCN(CC(=O)Nc2nc3c(s2)CCCC3)C1.Cl.Cl. The third-order valence-electron chi connectivity index (χ3n) is 4.59. The van der Waals surface area contributed by atoms with E-state index in [9.17, 15) is 4.79 Å². The van der Waals surface area contributed by atoms with Crippen molar-refractivity contribution < 1.29 is 4.79 Å². The minimum atomic E-state index is 0. The summed E-state index contributed by atoms with van der Waals surface area (Å²) in [5.74, 6) is 0.0439. The Morgan fingerprint density at radius 1 is 1.39 bits per heavy atom.